The van der Waals surface area contributed by atoms with E-state index in [1.165, 1.54) is 0 Å². The van der Waals surface area contributed by atoms with E-state index in [4.69, 9.17) is 10.5 Å². The molecular weight excluding hydrogens is 358 g/mol. The molecule has 0 fully saturated rings. The van der Waals surface area contributed by atoms with Crippen LogP contribution in [0.2, 0.25) is 0 Å². The molecule has 4 heteroatoms. The largest absolute Gasteiger partial charge is 0.487 e. The van der Waals surface area contributed by atoms with Gasteiger partial charge in [-0.1, -0.05) is 30.3 Å². The minimum Gasteiger partial charge on any atom is -0.487 e. The van der Waals surface area contributed by atoms with Crippen molar-refractivity contribution in [3.63, 3.8) is 0 Å². The average Bonchev–Trinajstić information content (AvgIpc) is 2.38. The lowest BCUT2D eigenvalue weighted by atomic mass is 10.2. The highest BCUT2D eigenvalue weighted by molar-refractivity contribution is 9.11. The van der Waals surface area contributed by atoms with Gasteiger partial charge in [-0.3, -0.25) is 0 Å². The maximum atomic E-state index is 5.82. The molecule has 0 radical (unpaired) electrons. The fourth-order valence-electron chi connectivity index (χ4n) is 1.60. The van der Waals surface area contributed by atoms with E-state index >= 15 is 0 Å². The Bertz CT molecular complexity index is 506. The van der Waals surface area contributed by atoms with E-state index in [0.717, 1.165) is 25.8 Å². The SMILES string of the molecule is NCc1cc(Br)c(OCc2ccccc2)c(Br)c1. The van der Waals surface area contributed by atoms with Crippen LogP contribution in [0.15, 0.2) is 51.4 Å². The van der Waals surface area contributed by atoms with E-state index in [1.54, 1.807) is 0 Å². The van der Waals surface area contributed by atoms with Crippen LogP contribution in [-0.4, -0.2) is 0 Å². The number of hydrogen-bond donors (Lipinski definition) is 1. The first-order valence-electron chi connectivity index (χ1n) is 5.55. The number of nitrogens with two attached hydrogens (primary N) is 1. The third kappa shape index (κ3) is 3.34. The van der Waals surface area contributed by atoms with Gasteiger partial charge in [-0.05, 0) is 55.1 Å². The topological polar surface area (TPSA) is 35.2 Å². The Labute approximate surface area is 123 Å². The van der Waals surface area contributed by atoms with Gasteiger partial charge in [0.15, 0.2) is 0 Å². The fourth-order valence-corrected chi connectivity index (χ4v) is 3.11. The first-order chi connectivity index (χ1) is 8.70. The van der Waals surface area contributed by atoms with Gasteiger partial charge in [-0.15, -0.1) is 0 Å². The normalized spacial score (nSPS) is 10.4. The van der Waals surface area contributed by atoms with Crippen molar-refractivity contribution in [3.8, 4) is 5.75 Å². The number of hydrogen-bond acceptors (Lipinski definition) is 2. The highest BCUT2D eigenvalue weighted by Gasteiger charge is 2.08. The zero-order valence-corrected chi connectivity index (χ0v) is 12.9. The number of rotatable bonds is 4. The monoisotopic (exact) mass is 369 g/mol. The zero-order valence-electron chi connectivity index (χ0n) is 9.70. The predicted octanol–water partition coefficient (Wildman–Crippen LogP) is 4.25. The molecule has 0 aliphatic carbocycles. The summed E-state index contributed by atoms with van der Waals surface area (Å²) < 4.78 is 7.64. The molecule has 2 aromatic rings. The molecule has 2 aromatic carbocycles. The molecule has 0 bridgehead atoms. The molecule has 0 aliphatic heterocycles. The van der Waals surface area contributed by atoms with Crippen LogP contribution in [0.25, 0.3) is 0 Å². The van der Waals surface area contributed by atoms with Crippen molar-refractivity contribution in [1.82, 2.24) is 0 Å². The quantitative estimate of drug-likeness (QED) is 0.873. The Morgan fingerprint density at radius 2 is 1.56 bits per heavy atom. The smallest absolute Gasteiger partial charge is 0.148 e. The average molecular weight is 371 g/mol. The van der Waals surface area contributed by atoms with Gasteiger partial charge in [0.2, 0.25) is 0 Å². The second kappa shape index (κ2) is 6.36. The standard InChI is InChI=1S/C14H13Br2NO/c15-12-6-11(8-17)7-13(16)14(12)18-9-10-4-2-1-3-5-10/h1-7H,8-9,17H2. The molecule has 2 nitrogen and oxygen atoms in total. The summed E-state index contributed by atoms with van der Waals surface area (Å²) in [7, 11) is 0. The second-order valence-corrected chi connectivity index (χ2v) is 5.58. The molecule has 18 heavy (non-hydrogen) atoms. The van der Waals surface area contributed by atoms with Crippen molar-refractivity contribution >= 4 is 31.9 Å². The molecular formula is C14H13Br2NO. The van der Waals surface area contributed by atoms with Crippen molar-refractivity contribution in [2.24, 2.45) is 5.73 Å². The Balaban J connectivity index is 2.15. The molecule has 0 aromatic heterocycles. The molecule has 0 heterocycles. The fraction of sp³-hybridized carbons (Fsp3) is 0.143. The molecule has 0 saturated carbocycles. The molecule has 0 aliphatic rings. The molecule has 0 unspecified atom stereocenters. The third-order valence-corrected chi connectivity index (χ3v) is 3.70. The molecule has 0 amide bonds. The van der Waals surface area contributed by atoms with Gasteiger partial charge in [-0.25, -0.2) is 0 Å². The maximum Gasteiger partial charge on any atom is 0.148 e. The first kappa shape index (κ1) is 13.6. The van der Waals surface area contributed by atoms with Gasteiger partial charge in [0.05, 0.1) is 8.95 Å². The van der Waals surface area contributed by atoms with Gasteiger partial charge >= 0.3 is 0 Å². The van der Waals surface area contributed by atoms with Crippen LogP contribution in [0.3, 0.4) is 0 Å². The first-order valence-corrected chi connectivity index (χ1v) is 7.14. The summed E-state index contributed by atoms with van der Waals surface area (Å²) in [6.45, 7) is 1.05. The second-order valence-electron chi connectivity index (χ2n) is 3.87. The van der Waals surface area contributed by atoms with Gasteiger partial charge < -0.3 is 10.5 Å². The summed E-state index contributed by atoms with van der Waals surface area (Å²) in [6.07, 6.45) is 0. The van der Waals surface area contributed by atoms with Crippen molar-refractivity contribution < 1.29 is 4.74 Å². The van der Waals surface area contributed by atoms with Gasteiger partial charge in [0.1, 0.15) is 12.4 Å². The Hall–Kier alpha value is -0.840. The number of benzene rings is 2. The van der Waals surface area contributed by atoms with Crippen molar-refractivity contribution in [3.05, 3.63) is 62.5 Å². The van der Waals surface area contributed by atoms with E-state index in [1.807, 2.05) is 42.5 Å². The Morgan fingerprint density at radius 1 is 0.944 bits per heavy atom. The maximum absolute atomic E-state index is 5.82. The molecule has 0 saturated heterocycles. The zero-order chi connectivity index (χ0) is 13.0. The van der Waals surface area contributed by atoms with Crippen molar-refractivity contribution in [2.75, 3.05) is 0 Å². The lowest BCUT2D eigenvalue weighted by Crippen LogP contribution is -2.00. The predicted molar refractivity (Wildman–Crippen MR) is 80.5 cm³/mol. The van der Waals surface area contributed by atoms with Crippen LogP contribution in [0.4, 0.5) is 0 Å². The summed E-state index contributed by atoms with van der Waals surface area (Å²) in [5, 5.41) is 0. The summed E-state index contributed by atoms with van der Waals surface area (Å²) in [6, 6.07) is 14.0. The van der Waals surface area contributed by atoms with Crippen LogP contribution in [0.1, 0.15) is 11.1 Å². The lowest BCUT2D eigenvalue weighted by molar-refractivity contribution is 0.302. The van der Waals surface area contributed by atoms with Gasteiger partial charge in [0, 0.05) is 6.54 Å². The Morgan fingerprint density at radius 3 is 2.11 bits per heavy atom. The van der Waals surface area contributed by atoms with Crippen LogP contribution in [0.5, 0.6) is 5.75 Å². The molecule has 2 rings (SSSR count). The van der Waals surface area contributed by atoms with E-state index in [2.05, 4.69) is 31.9 Å². The summed E-state index contributed by atoms with van der Waals surface area (Å²) in [4.78, 5) is 0. The molecule has 94 valence electrons. The van der Waals surface area contributed by atoms with Crippen LogP contribution >= 0.6 is 31.9 Å². The number of ether oxygens (including phenoxy) is 1. The van der Waals surface area contributed by atoms with Crippen molar-refractivity contribution in [1.29, 1.82) is 0 Å². The van der Waals surface area contributed by atoms with Crippen LogP contribution in [0, 0.1) is 0 Å². The highest BCUT2D eigenvalue weighted by atomic mass is 79.9. The molecule has 0 atom stereocenters. The highest BCUT2D eigenvalue weighted by Crippen LogP contribution is 2.35. The summed E-state index contributed by atoms with van der Waals surface area (Å²) >= 11 is 7.00. The van der Waals surface area contributed by atoms with E-state index in [0.29, 0.717) is 13.2 Å². The van der Waals surface area contributed by atoms with Gasteiger partial charge in [0.25, 0.3) is 0 Å². The Kier molecular flexibility index (Phi) is 4.80. The minimum absolute atomic E-state index is 0.510. The summed E-state index contributed by atoms with van der Waals surface area (Å²) in [5.74, 6) is 0.802. The lowest BCUT2D eigenvalue weighted by Gasteiger charge is -2.11. The van der Waals surface area contributed by atoms with Gasteiger partial charge in [-0.2, -0.15) is 0 Å². The van der Waals surface area contributed by atoms with E-state index in [9.17, 15) is 0 Å². The van der Waals surface area contributed by atoms with Crippen LogP contribution < -0.4 is 10.5 Å². The third-order valence-electron chi connectivity index (χ3n) is 2.52. The van der Waals surface area contributed by atoms with E-state index in [-0.39, 0.29) is 0 Å². The van der Waals surface area contributed by atoms with E-state index < -0.39 is 0 Å². The minimum atomic E-state index is 0.510. The summed E-state index contributed by atoms with van der Waals surface area (Å²) in [5.41, 5.74) is 7.81. The molecule has 2 N–H and O–H groups in total. The van der Waals surface area contributed by atoms with Crippen LogP contribution in [-0.2, 0) is 13.2 Å². The number of halogens is 2. The molecule has 0 spiro atoms. The van der Waals surface area contributed by atoms with Crippen molar-refractivity contribution in [2.45, 2.75) is 13.2 Å².